The molecule has 1 aliphatic rings. The molecule has 13 heavy (non-hydrogen) atoms. The van der Waals surface area contributed by atoms with Crippen LogP contribution < -0.4 is 5.32 Å². The molecule has 0 bridgehead atoms. The Morgan fingerprint density at radius 1 is 1.69 bits per heavy atom. The van der Waals surface area contributed by atoms with E-state index < -0.39 is 0 Å². The molecule has 0 spiro atoms. The van der Waals surface area contributed by atoms with Crippen LogP contribution in [0.4, 0.5) is 0 Å². The van der Waals surface area contributed by atoms with Gasteiger partial charge in [0, 0.05) is 17.6 Å². The van der Waals surface area contributed by atoms with Crippen molar-refractivity contribution in [2.24, 2.45) is 0 Å². The van der Waals surface area contributed by atoms with Crippen molar-refractivity contribution in [3.63, 3.8) is 0 Å². The molecule has 3 nitrogen and oxygen atoms in total. The maximum Gasteiger partial charge on any atom is 0.118 e. The third kappa shape index (κ3) is 2.76. The van der Waals surface area contributed by atoms with Gasteiger partial charge in [0.15, 0.2) is 0 Å². The number of nitrogens with one attached hydrogen (secondary N) is 1. The van der Waals surface area contributed by atoms with E-state index in [1.165, 1.54) is 12.8 Å². The Kier molecular flexibility index (Phi) is 3.29. The zero-order valence-electron chi connectivity index (χ0n) is 7.53. The standard InChI is InChI=1S/C9H14N2OS/c1-2-8(10-3-1)6-12-7-9-11-4-5-13-9/h4-5,8,10H,1-3,6-7H2/t8-/m0/s1. The number of hydrogen-bond acceptors (Lipinski definition) is 4. The van der Waals surface area contributed by atoms with E-state index in [1.54, 1.807) is 11.3 Å². The molecule has 0 aliphatic carbocycles. The van der Waals surface area contributed by atoms with Crippen LogP contribution in [0.3, 0.4) is 0 Å². The van der Waals surface area contributed by atoms with Gasteiger partial charge in [-0.05, 0) is 19.4 Å². The maximum atomic E-state index is 5.55. The molecular weight excluding hydrogens is 184 g/mol. The smallest absolute Gasteiger partial charge is 0.118 e. The summed E-state index contributed by atoms with van der Waals surface area (Å²) in [6.07, 6.45) is 4.35. The van der Waals surface area contributed by atoms with Crippen molar-refractivity contribution < 1.29 is 4.74 Å². The zero-order chi connectivity index (χ0) is 8.93. The Morgan fingerprint density at radius 2 is 2.69 bits per heavy atom. The first-order valence-electron chi connectivity index (χ1n) is 4.64. The van der Waals surface area contributed by atoms with Crippen molar-refractivity contribution >= 4 is 11.3 Å². The van der Waals surface area contributed by atoms with Gasteiger partial charge in [-0.3, -0.25) is 0 Å². The summed E-state index contributed by atoms with van der Waals surface area (Å²) in [5.74, 6) is 0. The molecule has 1 aromatic rings. The lowest BCUT2D eigenvalue weighted by Crippen LogP contribution is -2.26. The fourth-order valence-electron chi connectivity index (χ4n) is 1.51. The molecule has 0 radical (unpaired) electrons. The molecular formula is C9H14N2OS. The fourth-order valence-corrected chi connectivity index (χ4v) is 2.06. The van der Waals surface area contributed by atoms with E-state index in [9.17, 15) is 0 Å². The molecule has 0 unspecified atom stereocenters. The molecule has 1 aromatic heterocycles. The normalized spacial score (nSPS) is 22.3. The van der Waals surface area contributed by atoms with Gasteiger partial charge in [-0.2, -0.15) is 0 Å². The van der Waals surface area contributed by atoms with Crippen LogP contribution in [0.15, 0.2) is 11.6 Å². The van der Waals surface area contributed by atoms with E-state index in [0.29, 0.717) is 12.6 Å². The average molecular weight is 198 g/mol. The summed E-state index contributed by atoms with van der Waals surface area (Å²) in [4.78, 5) is 4.15. The highest BCUT2D eigenvalue weighted by atomic mass is 32.1. The van der Waals surface area contributed by atoms with Gasteiger partial charge in [0.2, 0.25) is 0 Å². The predicted molar refractivity (Wildman–Crippen MR) is 52.8 cm³/mol. The van der Waals surface area contributed by atoms with Crippen LogP contribution in [-0.2, 0) is 11.3 Å². The van der Waals surface area contributed by atoms with E-state index in [1.807, 2.05) is 11.6 Å². The number of hydrogen-bond donors (Lipinski definition) is 1. The first-order chi connectivity index (χ1) is 6.45. The van der Waals surface area contributed by atoms with Gasteiger partial charge >= 0.3 is 0 Å². The first kappa shape index (κ1) is 9.12. The zero-order valence-corrected chi connectivity index (χ0v) is 8.35. The van der Waals surface area contributed by atoms with Gasteiger partial charge in [-0.15, -0.1) is 11.3 Å². The van der Waals surface area contributed by atoms with Gasteiger partial charge in [-0.1, -0.05) is 0 Å². The molecule has 0 saturated carbocycles. The summed E-state index contributed by atoms with van der Waals surface area (Å²) in [7, 11) is 0. The van der Waals surface area contributed by atoms with Crippen molar-refractivity contribution in [1.82, 2.24) is 10.3 Å². The molecule has 0 aromatic carbocycles. The summed E-state index contributed by atoms with van der Waals surface area (Å²) in [6, 6.07) is 0.569. The van der Waals surface area contributed by atoms with E-state index in [2.05, 4.69) is 10.3 Å². The van der Waals surface area contributed by atoms with Gasteiger partial charge in [0.05, 0.1) is 13.2 Å². The lowest BCUT2D eigenvalue weighted by Gasteiger charge is -2.09. The topological polar surface area (TPSA) is 34.1 Å². The lowest BCUT2D eigenvalue weighted by molar-refractivity contribution is 0.103. The second-order valence-corrected chi connectivity index (χ2v) is 4.21. The van der Waals surface area contributed by atoms with Crippen molar-refractivity contribution in [2.75, 3.05) is 13.2 Å². The number of nitrogens with zero attached hydrogens (tertiary/aromatic N) is 1. The Bertz CT molecular complexity index is 232. The van der Waals surface area contributed by atoms with Crippen LogP contribution in [0.25, 0.3) is 0 Å². The molecule has 1 atom stereocenters. The maximum absolute atomic E-state index is 5.55. The molecule has 2 heterocycles. The third-order valence-electron chi connectivity index (χ3n) is 2.19. The minimum Gasteiger partial charge on any atom is -0.373 e. The van der Waals surface area contributed by atoms with Crippen molar-refractivity contribution in [2.45, 2.75) is 25.5 Å². The quantitative estimate of drug-likeness (QED) is 0.794. The molecule has 72 valence electrons. The first-order valence-corrected chi connectivity index (χ1v) is 5.52. The van der Waals surface area contributed by atoms with E-state index in [0.717, 1.165) is 18.2 Å². The van der Waals surface area contributed by atoms with Gasteiger partial charge in [0.1, 0.15) is 5.01 Å². The van der Waals surface area contributed by atoms with Crippen molar-refractivity contribution in [3.8, 4) is 0 Å². The van der Waals surface area contributed by atoms with Crippen LogP contribution in [-0.4, -0.2) is 24.2 Å². The van der Waals surface area contributed by atoms with Crippen molar-refractivity contribution in [1.29, 1.82) is 0 Å². The summed E-state index contributed by atoms with van der Waals surface area (Å²) in [5, 5.41) is 6.44. The number of rotatable bonds is 4. The van der Waals surface area contributed by atoms with Gasteiger partial charge in [0.25, 0.3) is 0 Å². The Hall–Kier alpha value is -0.450. The third-order valence-corrected chi connectivity index (χ3v) is 2.94. The highest BCUT2D eigenvalue weighted by Crippen LogP contribution is 2.08. The Morgan fingerprint density at radius 3 is 3.38 bits per heavy atom. The Labute approximate surface area is 82.1 Å². The summed E-state index contributed by atoms with van der Waals surface area (Å²) < 4.78 is 5.55. The van der Waals surface area contributed by atoms with E-state index >= 15 is 0 Å². The lowest BCUT2D eigenvalue weighted by atomic mass is 10.2. The predicted octanol–water partition coefficient (Wildman–Crippen LogP) is 1.41. The molecule has 4 heteroatoms. The van der Waals surface area contributed by atoms with E-state index in [4.69, 9.17) is 4.74 Å². The van der Waals surface area contributed by atoms with Crippen LogP contribution in [0, 0.1) is 0 Å². The molecule has 1 N–H and O–H groups in total. The van der Waals surface area contributed by atoms with Gasteiger partial charge in [-0.25, -0.2) is 4.98 Å². The second kappa shape index (κ2) is 4.69. The summed E-state index contributed by atoms with van der Waals surface area (Å²) in [5.41, 5.74) is 0. The van der Waals surface area contributed by atoms with E-state index in [-0.39, 0.29) is 0 Å². The van der Waals surface area contributed by atoms with Crippen LogP contribution in [0.1, 0.15) is 17.8 Å². The molecule has 2 rings (SSSR count). The summed E-state index contributed by atoms with van der Waals surface area (Å²) >= 11 is 1.65. The van der Waals surface area contributed by atoms with Crippen molar-refractivity contribution in [3.05, 3.63) is 16.6 Å². The van der Waals surface area contributed by atoms with Crippen LogP contribution in [0.5, 0.6) is 0 Å². The molecule has 1 saturated heterocycles. The summed E-state index contributed by atoms with van der Waals surface area (Å²) in [6.45, 7) is 2.63. The van der Waals surface area contributed by atoms with Crippen LogP contribution >= 0.6 is 11.3 Å². The largest absolute Gasteiger partial charge is 0.373 e. The van der Waals surface area contributed by atoms with Gasteiger partial charge < -0.3 is 10.1 Å². The number of ether oxygens (including phenoxy) is 1. The minimum atomic E-state index is 0.569. The number of aromatic nitrogens is 1. The average Bonchev–Trinajstić information content (AvgIpc) is 2.75. The molecule has 0 amide bonds. The SMILES string of the molecule is c1csc(COC[C@@H]2CCCN2)n1. The Balaban J connectivity index is 1.63. The molecule has 1 fully saturated rings. The van der Waals surface area contributed by atoms with Crippen LogP contribution in [0.2, 0.25) is 0 Å². The number of thiazole rings is 1. The molecule has 1 aliphatic heterocycles. The second-order valence-electron chi connectivity index (χ2n) is 3.23. The highest BCUT2D eigenvalue weighted by molar-refractivity contribution is 7.09. The monoisotopic (exact) mass is 198 g/mol. The minimum absolute atomic E-state index is 0.569. The highest BCUT2D eigenvalue weighted by Gasteiger charge is 2.13. The fraction of sp³-hybridized carbons (Fsp3) is 0.667.